The molecule has 0 N–H and O–H groups in total. The molecule has 0 saturated carbocycles. The number of hydrogen-bond acceptors (Lipinski definition) is 6. The van der Waals surface area contributed by atoms with Gasteiger partial charge in [-0.25, -0.2) is 9.59 Å². The number of ether oxygens (including phenoxy) is 2. The first-order valence-electron chi connectivity index (χ1n) is 11.1. The summed E-state index contributed by atoms with van der Waals surface area (Å²) in [5.74, 6) is -1.27. The fourth-order valence-electron chi connectivity index (χ4n) is 3.87. The maximum absolute atomic E-state index is 13.1. The maximum Gasteiger partial charge on any atom is 0.345 e. The first-order valence-corrected chi connectivity index (χ1v) is 11.1. The smallest absolute Gasteiger partial charge is 0.345 e. The Morgan fingerprint density at radius 3 is 1.71 bits per heavy atom. The Labute approximate surface area is 202 Å². The van der Waals surface area contributed by atoms with E-state index in [-0.39, 0.29) is 12.5 Å². The van der Waals surface area contributed by atoms with Crippen molar-refractivity contribution < 1.29 is 23.9 Å². The van der Waals surface area contributed by atoms with Gasteiger partial charge in [0.25, 0.3) is 5.90 Å². The number of hydrogen-bond donors (Lipinski definition) is 0. The van der Waals surface area contributed by atoms with Gasteiger partial charge < -0.3 is 14.3 Å². The van der Waals surface area contributed by atoms with Crippen molar-refractivity contribution in [3.8, 4) is 22.3 Å². The number of esters is 2. The van der Waals surface area contributed by atoms with E-state index in [2.05, 4.69) is 5.16 Å². The Kier molecular flexibility index (Phi) is 6.35. The van der Waals surface area contributed by atoms with Crippen molar-refractivity contribution >= 4 is 17.8 Å². The highest BCUT2D eigenvalue weighted by Gasteiger charge is 2.33. The van der Waals surface area contributed by atoms with Gasteiger partial charge in [0, 0.05) is 0 Å². The van der Waals surface area contributed by atoms with Crippen LogP contribution in [-0.2, 0) is 14.3 Å². The van der Waals surface area contributed by atoms with Crippen molar-refractivity contribution in [1.82, 2.24) is 0 Å². The minimum Gasteiger partial charge on any atom is -0.445 e. The van der Waals surface area contributed by atoms with Crippen LogP contribution in [-0.4, -0.2) is 30.5 Å². The highest BCUT2D eigenvalue weighted by Crippen LogP contribution is 2.26. The van der Waals surface area contributed by atoms with E-state index in [0.717, 1.165) is 22.3 Å². The van der Waals surface area contributed by atoms with Crippen LogP contribution in [0.1, 0.15) is 20.7 Å². The molecule has 172 valence electrons. The summed E-state index contributed by atoms with van der Waals surface area (Å²) in [5.41, 5.74) is 4.00. The predicted octanol–water partition coefficient (Wildman–Crippen LogP) is 5.75. The van der Waals surface area contributed by atoms with Crippen molar-refractivity contribution in [3.63, 3.8) is 0 Å². The predicted molar refractivity (Wildman–Crippen MR) is 132 cm³/mol. The second-order valence-electron chi connectivity index (χ2n) is 7.83. The molecule has 5 rings (SSSR count). The molecule has 4 aromatic rings. The van der Waals surface area contributed by atoms with Crippen LogP contribution in [0.25, 0.3) is 22.3 Å². The van der Waals surface area contributed by atoms with Gasteiger partial charge in [-0.2, -0.15) is 0 Å². The van der Waals surface area contributed by atoms with E-state index < -0.39 is 18.0 Å². The molecule has 1 atom stereocenters. The van der Waals surface area contributed by atoms with Crippen molar-refractivity contribution in [2.45, 2.75) is 6.10 Å². The van der Waals surface area contributed by atoms with Crippen LogP contribution in [0.4, 0.5) is 0 Å². The van der Waals surface area contributed by atoms with Gasteiger partial charge in [0.1, 0.15) is 0 Å². The SMILES string of the molecule is O=C(OC1=NOCC1OC(=O)c1ccccc1-c1ccccc1)c1ccccc1-c1ccccc1. The van der Waals surface area contributed by atoms with Crippen molar-refractivity contribution in [3.05, 3.63) is 120 Å². The first kappa shape index (κ1) is 22.1. The summed E-state index contributed by atoms with van der Waals surface area (Å²) in [7, 11) is 0. The molecule has 6 heteroatoms. The van der Waals surface area contributed by atoms with Gasteiger partial charge in [-0.3, -0.25) is 0 Å². The zero-order valence-electron chi connectivity index (χ0n) is 18.7. The molecule has 1 unspecified atom stereocenters. The largest absolute Gasteiger partial charge is 0.445 e. The molecule has 0 fully saturated rings. The summed E-state index contributed by atoms with van der Waals surface area (Å²) in [6.45, 7) is -0.0395. The fraction of sp³-hybridized carbons (Fsp3) is 0.0690. The Balaban J connectivity index is 1.33. The molecule has 0 radical (unpaired) electrons. The van der Waals surface area contributed by atoms with Crippen LogP contribution < -0.4 is 0 Å². The molecule has 0 spiro atoms. The monoisotopic (exact) mass is 463 g/mol. The summed E-state index contributed by atoms with van der Waals surface area (Å²) in [4.78, 5) is 31.2. The van der Waals surface area contributed by atoms with Crippen LogP contribution in [0.2, 0.25) is 0 Å². The minimum atomic E-state index is -0.945. The Morgan fingerprint density at radius 2 is 1.14 bits per heavy atom. The number of benzene rings is 4. The lowest BCUT2D eigenvalue weighted by atomic mass is 10.00. The number of oxime groups is 1. The van der Waals surface area contributed by atoms with E-state index in [1.54, 1.807) is 24.3 Å². The molecule has 0 aliphatic carbocycles. The molecule has 6 nitrogen and oxygen atoms in total. The molecule has 1 aliphatic rings. The Hall–Kier alpha value is -4.71. The van der Waals surface area contributed by atoms with Gasteiger partial charge in [-0.15, -0.1) is 0 Å². The van der Waals surface area contributed by atoms with E-state index in [0.29, 0.717) is 11.1 Å². The van der Waals surface area contributed by atoms with Crippen LogP contribution in [0, 0.1) is 0 Å². The van der Waals surface area contributed by atoms with E-state index >= 15 is 0 Å². The zero-order valence-corrected chi connectivity index (χ0v) is 18.7. The lowest BCUT2D eigenvalue weighted by Gasteiger charge is -2.15. The molecule has 0 aromatic heterocycles. The van der Waals surface area contributed by atoms with Crippen LogP contribution in [0.15, 0.2) is 114 Å². The third kappa shape index (κ3) is 4.82. The fourth-order valence-corrected chi connectivity index (χ4v) is 3.87. The number of nitrogens with zero attached hydrogens (tertiary/aromatic N) is 1. The van der Waals surface area contributed by atoms with E-state index in [1.165, 1.54) is 0 Å². The number of carbonyl (C=O) groups excluding carboxylic acids is 2. The Morgan fingerprint density at radius 1 is 0.657 bits per heavy atom. The Bertz CT molecular complexity index is 1380. The average molecular weight is 463 g/mol. The van der Waals surface area contributed by atoms with Crippen LogP contribution in [0.5, 0.6) is 0 Å². The molecule has 1 heterocycles. The van der Waals surface area contributed by atoms with Gasteiger partial charge in [0.05, 0.1) is 11.1 Å². The summed E-state index contributed by atoms with van der Waals surface area (Å²) in [5, 5.41) is 3.81. The molecule has 0 bridgehead atoms. The summed E-state index contributed by atoms with van der Waals surface area (Å²) in [6.07, 6.45) is -0.945. The van der Waals surface area contributed by atoms with Gasteiger partial charge >= 0.3 is 11.9 Å². The first-order chi connectivity index (χ1) is 17.2. The van der Waals surface area contributed by atoms with Crippen molar-refractivity contribution in [1.29, 1.82) is 0 Å². The van der Waals surface area contributed by atoms with Crippen molar-refractivity contribution in [2.24, 2.45) is 5.16 Å². The summed E-state index contributed by atoms with van der Waals surface area (Å²) >= 11 is 0. The number of carbonyl (C=O) groups is 2. The second kappa shape index (κ2) is 10.1. The molecule has 0 saturated heterocycles. The average Bonchev–Trinajstić information content (AvgIpc) is 3.35. The third-order valence-corrected chi connectivity index (χ3v) is 5.57. The lowest BCUT2D eigenvalue weighted by molar-refractivity contribution is 0.0263. The van der Waals surface area contributed by atoms with Gasteiger partial charge in [0.2, 0.25) is 6.10 Å². The van der Waals surface area contributed by atoms with Crippen LogP contribution >= 0.6 is 0 Å². The molecule has 35 heavy (non-hydrogen) atoms. The highest BCUT2D eigenvalue weighted by atomic mass is 16.7. The standard InChI is InChI=1S/C29H21NO5/c31-28(24-17-9-7-15-22(24)20-11-3-1-4-12-20)34-26-19-33-30-27(26)35-29(32)25-18-10-8-16-23(25)21-13-5-2-6-14-21/h1-18,26H,19H2. The molecule has 4 aromatic carbocycles. The van der Waals surface area contributed by atoms with Crippen LogP contribution in [0.3, 0.4) is 0 Å². The minimum absolute atomic E-state index is 0.0395. The molecular formula is C29H21NO5. The third-order valence-electron chi connectivity index (χ3n) is 5.57. The van der Waals surface area contributed by atoms with E-state index in [1.807, 2.05) is 84.9 Å². The van der Waals surface area contributed by atoms with E-state index in [9.17, 15) is 9.59 Å². The lowest BCUT2D eigenvalue weighted by Crippen LogP contribution is -2.30. The molecule has 1 aliphatic heterocycles. The topological polar surface area (TPSA) is 74.2 Å². The van der Waals surface area contributed by atoms with Crippen molar-refractivity contribution in [2.75, 3.05) is 6.61 Å². The molecule has 0 amide bonds. The quantitative estimate of drug-likeness (QED) is 0.353. The second-order valence-corrected chi connectivity index (χ2v) is 7.83. The van der Waals surface area contributed by atoms with Gasteiger partial charge in [-0.05, 0) is 39.5 Å². The highest BCUT2D eigenvalue weighted by molar-refractivity contribution is 6.05. The van der Waals surface area contributed by atoms with Gasteiger partial charge in [0.15, 0.2) is 6.61 Å². The molecular weight excluding hydrogens is 442 g/mol. The summed E-state index contributed by atoms with van der Waals surface area (Å²) in [6, 6.07) is 33.4. The normalized spacial score (nSPS) is 14.5. The van der Waals surface area contributed by atoms with E-state index in [4.69, 9.17) is 14.3 Å². The number of rotatable bonds is 5. The van der Waals surface area contributed by atoms with Gasteiger partial charge in [-0.1, -0.05) is 97.1 Å². The maximum atomic E-state index is 13.1. The summed E-state index contributed by atoms with van der Waals surface area (Å²) < 4.78 is 11.2. The zero-order chi connectivity index (χ0) is 24.0.